The first-order chi connectivity index (χ1) is 8.40. The number of rotatable bonds is 4. The zero-order valence-corrected chi connectivity index (χ0v) is 11.8. The summed E-state index contributed by atoms with van der Waals surface area (Å²) in [6.45, 7) is 1.75. The van der Waals surface area contributed by atoms with Crippen LogP contribution in [0.15, 0.2) is 23.1 Å². The lowest BCUT2D eigenvalue weighted by atomic mass is 9.94. The Morgan fingerprint density at radius 3 is 2.56 bits per heavy atom. The second-order valence-corrected chi connectivity index (χ2v) is 6.72. The molecule has 1 aliphatic rings. The van der Waals surface area contributed by atoms with E-state index in [1.165, 1.54) is 0 Å². The molecule has 0 atom stereocenters. The summed E-state index contributed by atoms with van der Waals surface area (Å²) in [6.07, 6.45) is 2.93. The number of aryl methyl sites for hydroxylation is 1. The van der Waals surface area contributed by atoms with Gasteiger partial charge in [0.2, 0.25) is 10.0 Å². The summed E-state index contributed by atoms with van der Waals surface area (Å²) in [5, 5.41) is 0. The molecule has 1 saturated carbocycles. The molecule has 1 aromatic rings. The molecule has 0 spiro atoms. The van der Waals surface area contributed by atoms with Crippen molar-refractivity contribution in [1.82, 2.24) is 4.72 Å². The number of hydrogen-bond donors (Lipinski definition) is 2. The SMILES string of the molecule is Cc1cc(C(N)=S)ccc1S(=O)(=O)NC1CCC1. The van der Waals surface area contributed by atoms with E-state index in [0.717, 1.165) is 19.3 Å². The van der Waals surface area contributed by atoms with Crippen molar-refractivity contribution in [2.45, 2.75) is 37.1 Å². The lowest BCUT2D eigenvalue weighted by Gasteiger charge is -2.26. The number of sulfonamides is 1. The summed E-state index contributed by atoms with van der Waals surface area (Å²) in [4.78, 5) is 0.573. The van der Waals surface area contributed by atoms with E-state index < -0.39 is 10.0 Å². The third-order valence-electron chi connectivity index (χ3n) is 3.18. The van der Waals surface area contributed by atoms with Crippen LogP contribution in [-0.4, -0.2) is 19.4 Å². The molecule has 0 radical (unpaired) electrons. The van der Waals surface area contributed by atoms with Crippen LogP contribution >= 0.6 is 12.2 Å². The maximum absolute atomic E-state index is 12.2. The normalized spacial score (nSPS) is 16.3. The molecule has 0 unspecified atom stereocenters. The second kappa shape index (κ2) is 4.95. The third-order valence-corrected chi connectivity index (χ3v) is 5.09. The van der Waals surface area contributed by atoms with Crippen molar-refractivity contribution in [3.05, 3.63) is 29.3 Å². The minimum atomic E-state index is -3.43. The predicted molar refractivity (Wildman–Crippen MR) is 75.0 cm³/mol. The highest BCUT2D eigenvalue weighted by Gasteiger charge is 2.25. The van der Waals surface area contributed by atoms with E-state index in [0.29, 0.717) is 16.0 Å². The lowest BCUT2D eigenvalue weighted by molar-refractivity contribution is 0.383. The van der Waals surface area contributed by atoms with E-state index in [9.17, 15) is 8.42 Å². The summed E-state index contributed by atoms with van der Waals surface area (Å²) in [7, 11) is -3.43. The quantitative estimate of drug-likeness (QED) is 0.821. The van der Waals surface area contributed by atoms with Crippen LogP contribution in [0.4, 0.5) is 0 Å². The van der Waals surface area contributed by atoms with Crippen LogP contribution in [0.2, 0.25) is 0 Å². The molecule has 0 aliphatic heterocycles. The molecule has 1 aliphatic carbocycles. The van der Waals surface area contributed by atoms with Gasteiger partial charge in [0, 0.05) is 11.6 Å². The van der Waals surface area contributed by atoms with E-state index in [2.05, 4.69) is 4.72 Å². The molecular formula is C12H16N2O2S2. The first-order valence-electron chi connectivity index (χ1n) is 5.83. The number of hydrogen-bond acceptors (Lipinski definition) is 3. The van der Waals surface area contributed by atoms with Crippen molar-refractivity contribution in [3.8, 4) is 0 Å². The van der Waals surface area contributed by atoms with Gasteiger partial charge in [0.25, 0.3) is 0 Å². The average Bonchev–Trinajstić information content (AvgIpc) is 2.23. The Hall–Kier alpha value is -0.980. The summed E-state index contributed by atoms with van der Waals surface area (Å²) in [5.74, 6) is 0. The molecule has 0 bridgehead atoms. The van der Waals surface area contributed by atoms with Gasteiger partial charge < -0.3 is 5.73 Å². The van der Waals surface area contributed by atoms with E-state index in [1.54, 1.807) is 25.1 Å². The van der Waals surface area contributed by atoms with Crippen LogP contribution in [0.1, 0.15) is 30.4 Å². The van der Waals surface area contributed by atoms with Crippen molar-refractivity contribution in [2.75, 3.05) is 0 Å². The van der Waals surface area contributed by atoms with Crippen molar-refractivity contribution in [3.63, 3.8) is 0 Å². The topological polar surface area (TPSA) is 72.2 Å². The summed E-state index contributed by atoms with van der Waals surface area (Å²) < 4.78 is 27.0. The average molecular weight is 284 g/mol. The second-order valence-electron chi connectivity index (χ2n) is 4.59. The predicted octanol–water partition coefficient (Wildman–Crippen LogP) is 1.46. The van der Waals surface area contributed by atoms with Crippen molar-refractivity contribution >= 4 is 27.2 Å². The lowest BCUT2D eigenvalue weighted by Crippen LogP contribution is -2.39. The number of thiocarbonyl (C=S) groups is 1. The van der Waals surface area contributed by atoms with Gasteiger partial charge in [-0.2, -0.15) is 0 Å². The Morgan fingerprint density at radius 2 is 2.11 bits per heavy atom. The fraction of sp³-hybridized carbons (Fsp3) is 0.417. The van der Waals surface area contributed by atoms with E-state index >= 15 is 0 Å². The Balaban J connectivity index is 2.29. The third kappa shape index (κ3) is 2.71. The Labute approximate surface area is 113 Å². The van der Waals surface area contributed by atoms with Gasteiger partial charge in [-0.15, -0.1) is 0 Å². The molecule has 98 valence electrons. The summed E-state index contributed by atoms with van der Waals surface area (Å²) in [6, 6.07) is 5.00. The van der Waals surface area contributed by atoms with Crippen LogP contribution in [0, 0.1) is 6.92 Å². The molecule has 6 heteroatoms. The summed E-state index contributed by atoms with van der Waals surface area (Å²) >= 11 is 4.87. The summed E-state index contributed by atoms with van der Waals surface area (Å²) in [5.41, 5.74) is 6.86. The maximum Gasteiger partial charge on any atom is 0.241 e. The Kier molecular flexibility index (Phi) is 3.70. The van der Waals surface area contributed by atoms with Crippen LogP contribution in [-0.2, 0) is 10.0 Å². The van der Waals surface area contributed by atoms with Crippen LogP contribution in [0.25, 0.3) is 0 Å². The van der Waals surface area contributed by atoms with Crippen LogP contribution in [0.5, 0.6) is 0 Å². The molecule has 2 rings (SSSR count). The Bertz CT molecular complexity index is 578. The fourth-order valence-corrected chi connectivity index (χ4v) is 3.57. The van der Waals surface area contributed by atoms with Gasteiger partial charge in [0.05, 0.1) is 4.90 Å². The monoisotopic (exact) mass is 284 g/mol. The highest BCUT2D eigenvalue weighted by atomic mass is 32.2. The van der Waals surface area contributed by atoms with Crippen molar-refractivity contribution < 1.29 is 8.42 Å². The number of nitrogens with two attached hydrogens (primary N) is 1. The molecule has 1 fully saturated rings. The zero-order valence-electron chi connectivity index (χ0n) is 10.1. The molecule has 0 heterocycles. The van der Waals surface area contributed by atoms with E-state index in [1.807, 2.05) is 0 Å². The van der Waals surface area contributed by atoms with Gasteiger partial charge in [-0.05, 0) is 37.5 Å². The van der Waals surface area contributed by atoms with Gasteiger partial charge in [-0.1, -0.05) is 24.7 Å². The highest BCUT2D eigenvalue weighted by molar-refractivity contribution is 7.89. The van der Waals surface area contributed by atoms with Gasteiger partial charge in [-0.3, -0.25) is 0 Å². The molecule has 0 aromatic heterocycles. The fourth-order valence-electron chi connectivity index (χ4n) is 1.91. The Morgan fingerprint density at radius 1 is 1.44 bits per heavy atom. The molecule has 4 nitrogen and oxygen atoms in total. The van der Waals surface area contributed by atoms with Gasteiger partial charge in [0.15, 0.2) is 0 Å². The zero-order chi connectivity index (χ0) is 13.3. The molecule has 18 heavy (non-hydrogen) atoms. The molecule has 1 aromatic carbocycles. The first kappa shape index (κ1) is 13.5. The number of nitrogens with one attached hydrogen (secondary N) is 1. The molecule has 0 amide bonds. The largest absolute Gasteiger partial charge is 0.389 e. The first-order valence-corrected chi connectivity index (χ1v) is 7.72. The van der Waals surface area contributed by atoms with Gasteiger partial charge in [-0.25, -0.2) is 13.1 Å². The molecular weight excluding hydrogens is 268 g/mol. The van der Waals surface area contributed by atoms with Crippen LogP contribution < -0.4 is 10.5 Å². The minimum Gasteiger partial charge on any atom is -0.389 e. The standard InChI is InChI=1S/C12H16N2O2S2/c1-8-7-9(12(13)17)5-6-11(8)18(15,16)14-10-3-2-4-10/h5-7,10,14H,2-4H2,1H3,(H2,13,17). The number of benzene rings is 1. The smallest absolute Gasteiger partial charge is 0.241 e. The van der Waals surface area contributed by atoms with Crippen molar-refractivity contribution in [2.24, 2.45) is 5.73 Å². The minimum absolute atomic E-state index is 0.0876. The van der Waals surface area contributed by atoms with Crippen LogP contribution in [0.3, 0.4) is 0 Å². The van der Waals surface area contributed by atoms with E-state index in [-0.39, 0.29) is 11.0 Å². The maximum atomic E-state index is 12.2. The highest BCUT2D eigenvalue weighted by Crippen LogP contribution is 2.23. The van der Waals surface area contributed by atoms with Crippen molar-refractivity contribution in [1.29, 1.82) is 0 Å². The molecule has 3 N–H and O–H groups in total. The molecule has 0 saturated heterocycles. The van der Waals surface area contributed by atoms with E-state index in [4.69, 9.17) is 18.0 Å². The van der Waals surface area contributed by atoms with Gasteiger partial charge in [0.1, 0.15) is 4.99 Å². The van der Waals surface area contributed by atoms with Gasteiger partial charge >= 0.3 is 0 Å².